The lowest BCUT2D eigenvalue weighted by molar-refractivity contribution is -0.140. The van der Waals surface area contributed by atoms with Crippen molar-refractivity contribution in [1.29, 1.82) is 0 Å². The molecule has 0 aliphatic carbocycles. The highest BCUT2D eigenvalue weighted by Crippen LogP contribution is 2.40. The van der Waals surface area contributed by atoms with Crippen molar-refractivity contribution in [2.24, 2.45) is 0 Å². The molecular formula is C21H21NO5. The molecule has 0 saturated carbocycles. The first-order valence-electron chi connectivity index (χ1n) is 8.62. The molecule has 3 N–H and O–H groups in total. The van der Waals surface area contributed by atoms with Crippen LogP contribution in [0.5, 0.6) is 5.75 Å². The number of phenols is 1. The lowest BCUT2D eigenvalue weighted by Gasteiger charge is -2.26. The fourth-order valence-electron chi connectivity index (χ4n) is 3.26. The summed E-state index contributed by atoms with van der Waals surface area (Å²) in [5, 5.41) is 30.4. The first kappa shape index (κ1) is 18.7. The fraction of sp³-hybridized carbons (Fsp3) is 0.238. The summed E-state index contributed by atoms with van der Waals surface area (Å²) < 4.78 is 0. The summed E-state index contributed by atoms with van der Waals surface area (Å²) in [7, 11) is 0. The Morgan fingerprint density at radius 2 is 1.81 bits per heavy atom. The quantitative estimate of drug-likeness (QED) is 0.438. The van der Waals surface area contributed by atoms with Crippen LogP contribution in [0.4, 0.5) is 0 Å². The Kier molecular flexibility index (Phi) is 5.01. The number of Topliss-reactive ketones (excluding diaryl/α,β-unsaturated/α-hetero) is 1. The summed E-state index contributed by atoms with van der Waals surface area (Å²) in [6.45, 7) is 3.34. The average Bonchev–Trinajstić information content (AvgIpc) is 2.86. The van der Waals surface area contributed by atoms with Crippen LogP contribution in [0.1, 0.15) is 29.7 Å². The molecule has 1 heterocycles. The van der Waals surface area contributed by atoms with E-state index in [0.29, 0.717) is 11.1 Å². The molecule has 6 heteroatoms. The maximum absolute atomic E-state index is 12.7. The van der Waals surface area contributed by atoms with Crippen molar-refractivity contribution >= 4 is 17.4 Å². The van der Waals surface area contributed by atoms with Crippen LogP contribution in [-0.2, 0) is 9.59 Å². The predicted octanol–water partition coefficient (Wildman–Crippen LogP) is 2.50. The van der Waals surface area contributed by atoms with Gasteiger partial charge >= 0.3 is 0 Å². The van der Waals surface area contributed by atoms with Crippen LogP contribution in [0.15, 0.2) is 54.1 Å². The zero-order valence-electron chi connectivity index (χ0n) is 15.1. The monoisotopic (exact) mass is 367 g/mol. The van der Waals surface area contributed by atoms with Gasteiger partial charge in [0.15, 0.2) is 0 Å². The van der Waals surface area contributed by atoms with Crippen LogP contribution in [0.3, 0.4) is 0 Å². The summed E-state index contributed by atoms with van der Waals surface area (Å²) in [6, 6.07) is 12.2. The van der Waals surface area contributed by atoms with Crippen LogP contribution in [0.25, 0.3) is 5.76 Å². The number of β-amino-alcohol motifs (C(OH)–C–C–N with tert-alkyl or cyclic N) is 1. The summed E-state index contributed by atoms with van der Waals surface area (Å²) in [4.78, 5) is 26.5. The van der Waals surface area contributed by atoms with Crippen LogP contribution in [0, 0.1) is 6.92 Å². The number of aliphatic hydroxyl groups is 2. The van der Waals surface area contributed by atoms with Gasteiger partial charge in [0.1, 0.15) is 11.5 Å². The first-order chi connectivity index (χ1) is 12.8. The van der Waals surface area contributed by atoms with Crippen molar-refractivity contribution in [2.45, 2.75) is 26.0 Å². The van der Waals surface area contributed by atoms with Gasteiger partial charge in [-0.05, 0) is 31.5 Å². The molecule has 140 valence electrons. The molecule has 0 aromatic heterocycles. The number of nitrogens with zero attached hydrogens (tertiary/aromatic N) is 1. The summed E-state index contributed by atoms with van der Waals surface area (Å²) in [6.07, 6.45) is -0.859. The Balaban J connectivity index is 2.19. The number of aryl methyl sites for hydroxylation is 1. The number of aromatic hydroxyl groups is 1. The van der Waals surface area contributed by atoms with Gasteiger partial charge in [-0.1, -0.05) is 42.0 Å². The Bertz CT molecular complexity index is 914. The van der Waals surface area contributed by atoms with Crippen molar-refractivity contribution in [3.05, 3.63) is 70.8 Å². The van der Waals surface area contributed by atoms with E-state index in [9.17, 15) is 24.9 Å². The van der Waals surface area contributed by atoms with Gasteiger partial charge < -0.3 is 20.2 Å². The average molecular weight is 367 g/mol. The van der Waals surface area contributed by atoms with Gasteiger partial charge in [0, 0.05) is 12.1 Å². The second-order valence-electron chi connectivity index (χ2n) is 6.76. The van der Waals surface area contributed by atoms with E-state index >= 15 is 0 Å². The van der Waals surface area contributed by atoms with E-state index in [4.69, 9.17) is 0 Å². The van der Waals surface area contributed by atoms with E-state index in [2.05, 4.69) is 0 Å². The SMILES string of the molecule is Cc1ccc(C(O)=C2C(=O)C(=O)N(C[C@@H](C)O)[C@H]2c2cccc(O)c2)cc1. The number of carbonyl (C=O) groups excluding carboxylic acids is 2. The van der Waals surface area contributed by atoms with E-state index in [1.165, 1.54) is 24.0 Å². The number of hydrogen-bond acceptors (Lipinski definition) is 5. The summed E-state index contributed by atoms with van der Waals surface area (Å²) >= 11 is 0. The largest absolute Gasteiger partial charge is 0.508 e. The standard InChI is InChI=1S/C21H21NO5/c1-12-6-8-14(9-7-12)19(25)17-18(15-4-3-5-16(24)10-15)22(11-13(2)23)21(27)20(17)26/h3-10,13,18,23-25H,11H2,1-2H3/t13-,18+/m1/s1. The second kappa shape index (κ2) is 7.25. The lowest BCUT2D eigenvalue weighted by Crippen LogP contribution is -2.35. The zero-order valence-corrected chi connectivity index (χ0v) is 15.1. The minimum absolute atomic E-state index is 0.0227. The molecule has 0 unspecified atom stereocenters. The Labute approximate surface area is 157 Å². The van der Waals surface area contributed by atoms with E-state index in [1.807, 2.05) is 6.92 Å². The zero-order chi connectivity index (χ0) is 19.7. The Morgan fingerprint density at radius 3 is 2.41 bits per heavy atom. The van der Waals surface area contributed by atoms with E-state index < -0.39 is 23.8 Å². The van der Waals surface area contributed by atoms with Crippen LogP contribution >= 0.6 is 0 Å². The van der Waals surface area contributed by atoms with Gasteiger partial charge in [-0.2, -0.15) is 0 Å². The van der Waals surface area contributed by atoms with Crippen LogP contribution in [0.2, 0.25) is 0 Å². The first-order valence-corrected chi connectivity index (χ1v) is 8.62. The maximum atomic E-state index is 12.7. The van der Waals surface area contributed by atoms with Gasteiger partial charge in [-0.3, -0.25) is 9.59 Å². The normalized spacial score (nSPS) is 20.1. The molecule has 1 aliphatic heterocycles. The van der Waals surface area contributed by atoms with Crippen LogP contribution < -0.4 is 0 Å². The Hall–Kier alpha value is -3.12. The molecule has 0 bridgehead atoms. The highest BCUT2D eigenvalue weighted by Gasteiger charge is 2.46. The smallest absolute Gasteiger partial charge is 0.295 e. The van der Waals surface area contributed by atoms with Gasteiger partial charge in [0.25, 0.3) is 11.7 Å². The number of aliphatic hydroxyl groups excluding tert-OH is 2. The number of benzene rings is 2. The molecule has 1 saturated heterocycles. The molecule has 0 radical (unpaired) electrons. The summed E-state index contributed by atoms with van der Waals surface area (Å²) in [5.41, 5.74) is 1.82. The topological polar surface area (TPSA) is 98.1 Å². The molecule has 2 atom stereocenters. The molecule has 1 amide bonds. The number of amides is 1. The van der Waals surface area contributed by atoms with Crippen molar-refractivity contribution in [2.75, 3.05) is 6.54 Å². The van der Waals surface area contributed by atoms with Gasteiger partial charge in [0.2, 0.25) is 0 Å². The molecular weight excluding hydrogens is 346 g/mol. The molecule has 0 spiro atoms. The number of hydrogen-bond donors (Lipinski definition) is 3. The van der Waals surface area contributed by atoms with Crippen molar-refractivity contribution < 1.29 is 24.9 Å². The number of ketones is 1. The third kappa shape index (κ3) is 3.57. The van der Waals surface area contributed by atoms with Crippen molar-refractivity contribution in [1.82, 2.24) is 4.90 Å². The fourth-order valence-corrected chi connectivity index (χ4v) is 3.26. The lowest BCUT2D eigenvalue weighted by atomic mass is 9.95. The molecule has 2 aromatic rings. The number of rotatable bonds is 4. The Morgan fingerprint density at radius 1 is 1.15 bits per heavy atom. The van der Waals surface area contributed by atoms with Crippen molar-refractivity contribution in [3.63, 3.8) is 0 Å². The van der Waals surface area contributed by atoms with Crippen LogP contribution in [-0.4, -0.2) is 44.6 Å². The number of phenolic OH excluding ortho intramolecular Hbond substituents is 1. The number of carbonyl (C=O) groups is 2. The highest BCUT2D eigenvalue weighted by atomic mass is 16.3. The molecule has 3 rings (SSSR count). The number of likely N-dealkylation sites (tertiary alicyclic amines) is 1. The summed E-state index contributed by atoms with van der Waals surface area (Å²) in [5.74, 6) is -1.92. The minimum atomic E-state index is -0.895. The third-order valence-electron chi connectivity index (χ3n) is 4.51. The second-order valence-corrected chi connectivity index (χ2v) is 6.76. The third-order valence-corrected chi connectivity index (χ3v) is 4.51. The predicted molar refractivity (Wildman–Crippen MR) is 100.0 cm³/mol. The molecule has 1 aliphatic rings. The van der Waals surface area contributed by atoms with E-state index in [0.717, 1.165) is 5.56 Å². The van der Waals surface area contributed by atoms with Gasteiger partial charge in [-0.15, -0.1) is 0 Å². The van der Waals surface area contributed by atoms with Gasteiger partial charge in [-0.25, -0.2) is 0 Å². The minimum Gasteiger partial charge on any atom is -0.508 e. The van der Waals surface area contributed by atoms with E-state index in [-0.39, 0.29) is 23.6 Å². The maximum Gasteiger partial charge on any atom is 0.295 e. The van der Waals surface area contributed by atoms with Gasteiger partial charge in [0.05, 0.1) is 17.7 Å². The molecule has 1 fully saturated rings. The molecule has 2 aromatic carbocycles. The highest BCUT2D eigenvalue weighted by molar-refractivity contribution is 6.46. The van der Waals surface area contributed by atoms with Crippen molar-refractivity contribution in [3.8, 4) is 5.75 Å². The molecule has 6 nitrogen and oxygen atoms in total. The van der Waals surface area contributed by atoms with E-state index in [1.54, 1.807) is 36.4 Å². The molecule has 27 heavy (non-hydrogen) atoms.